The van der Waals surface area contributed by atoms with E-state index in [0.29, 0.717) is 6.61 Å². The van der Waals surface area contributed by atoms with Crippen molar-refractivity contribution in [2.75, 3.05) is 18.5 Å². The van der Waals surface area contributed by atoms with Crippen LogP contribution in [0.3, 0.4) is 0 Å². The lowest BCUT2D eigenvalue weighted by atomic mass is 10.3. The Morgan fingerprint density at radius 1 is 1.26 bits per heavy atom. The molecule has 0 amide bonds. The zero-order chi connectivity index (χ0) is 13.3. The zero-order valence-electron chi connectivity index (χ0n) is 11.1. The third kappa shape index (κ3) is 4.87. The molecule has 0 atom stereocenters. The number of hydrogen-bond donors (Lipinski definition) is 1. The molecule has 0 radical (unpaired) electrons. The Morgan fingerprint density at radius 3 is 2.89 bits per heavy atom. The van der Waals surface area contributed by atoms with Gasteiger partial charge in [0.25, 0.3) is 0 Å². The highest BCUT2D eigenvalue weighted by Gasteiger charge is 2.01. The average molecular weight is 277 g/mol. The first-order valence-corrected chi connectivity index (χ1v) is 7.40. The quantitative estimate of drug-likeness (QED) is 0.751. The number of aryl methyl sites for hydroxylation is 1. The second kappa shape index (κ2) is 7.74. The Labute approximate surface area is 118 Å². The topological polar surface area (TPSA) is 47.0 Å². The fourth-order valence-electron chi connectivity index (χ4n) is 1.63. The van der Waals surface area contributed by atoms with Crippen LogP contribution in [0.5, 0.6) is 5.75 Å². The highest BCUT2D eigenvalue weighted by atomic mass is 32.1. The summed E-state index contributed by atoms with van der Waals surface area (Å²) < 4.78 is 9.90. The van der Waals surface area contributed by atoms with Crippen molar-refractivity contribution in [2.45, 2.75) is 26.2 Å². The van der Waals surface area contributed by atoms with E-state index in [2.05, 4.69) is 21.6 Å². The lowest BCUT2D eigenvalue weighted by Crippen LogP contribution is -2.07. The van der Waals surface area contributed by atoms with Crippen molar-refractivity contribution >= 4 is 16.7 Å². The van der Waals surface area contributed by atoms with Crippen LogP contribution in [0.15, 0.2) is 30.3 Å². The molecule has 102 valence electrons. The zero-order valence-corrected chi connectivity index (χ0v) is 11.9. The molecule has 0 bridgehead atoms. The molecule has 4 nitrogen and oxygen atoms in total. The molecule has 0 aliphatic carbocycles. The summed E-state index contributed by atoms with van der Waals surface area (Å²) >= 11 is 1.43. The van der Waals surface area contributed by atoms with Gasteiger partial charge in [-0.25, -0.2) is 4.98 Å². The monoisotopic (exact) mass is 277 g/mol. The number of nitrogens with one attached hydrogen (secondary N) is 1. The Morgan fingerprint density at radius 2 is 2.11 bits per heavy atom. The van der Waals surface area contributed by atoms with E-state index >= 15 is 0 Å². The van der Waals surface area contributed by atoms with Crippen LogP contribution in [-0.2, 0) is 6.42 Å². The fourth-order valence-corrected chi connectivity index (χ4v) is 2.26. The van der Waals surface area contributed by atoms with Crippen molar-refractivity contribution in [1.29, 1.82) is 0 Å². The van der Waals surface area contributed by atoms with E-state index in [9.17, 15) is 0 Å². The summed E-state index contributed by atoms with van der Waals surface area (Å²) in [5.74, 6) is 1.86. The maximum atomic E-state index is 5.62. The molecule has 0 unspecified atom stereocenters. The van der Waals surface area contributed by atoms with E-state index in [1.807, 2.05) is 30.3 Å². The van der Waals surface area contributed by atoms with Crippen LogP contribution in [0.2, 0.25) is 0 Å². The van der Waals surface area contributed by atoms with Gasteiger partial charge in [0.05, 0.1) is 6.61 Å². The van der Waals surface area contributed by atoms with E-state index in [-0.39, 0.29) is 0 Å². The number of hydrogen-bond acceptors (Lipinski definition) is 5. The summed E-state index contributed by atoms with van der Waals surface area (Å²) in [6, 6.07) is 9.87. The molecule has 0 aliphatic rings. The van der Waals surface area contributed by atoms with Gasteiger partial charge >= 0.3 is 0 Å². The number of anilines is 1. The summed E-state index contributed by atoms with van der Waals surface area (Å²) in [5.41, 5.74) is 0. The minimum atomic E-state index is 0.706. The number of benzene rings is 1. The summed E-state index contributed by atoms with van der Waals surface area (Å²) in [6.45, 7) is 3.69. The van der Waals surface area contributed by atoms with Crippen molar-refractivity contribution in [3.05, 3.63) is 36.2 Å². The van der Waals surface area contributed by atoms with Gasteiger partial charge in [-0.15, -0.1) is 0 Å². The highest BCUT2D eigenvalue weighted by molar-refractivity contribution is 7.09. The predicted molar refractivity (Wildman–Crippen MR) is 78.9 cm³/mol. The Balaban J connectivity index is 1.61. The Kier molecular flexibility index (Phi) is 5.62. The van der Waals surface area contributed by atoms with Crippen LogP contribution in [-0.4, -0.2) is 22.5 Å². The van der Waals surface area contributed by atoms with Gasteiger partial charge in [-0.3, -0.25) is 0 Å². The van der Waals surface area contributed by atoms with Gasteiger partial charge in [0, 0.05) is 24.5 Å². The normalized spacial score (nSPS) is 10.4. The summed E-state index contributed by atoms with van der Waals surface area (Å²) in [6.07, 6.45) is 2.98. The predicted octanol–water partition coefficient (Wildman–Crippen LogP) is 3.37. The summed E-state index contributed by atoms with van der Waals surface area (Å²) in [5, 5.41) is 4.18. The van der Waals surface area contributed by atoms with Crippen LogP contribution in [0.4, 0.5) is 5.13 Å². The molecular formula is C14H19N3OS. The standard InChI is InChI=1S/C14H19N3OS/c1-2-7-13-16-14(19-17-13)15-10-6-11-18-12-8-4-3-5-9-12/h3-5,8-9H,2,6-7,10-11H2,1H3,(H,15,16,17). The lowest BCUT2D eigenvalue weighted by molar-refractivity contribution is 0.315. The molecule has 19 heavy (non-hydrogen) atoms. The van der Waals surface area contributed by atoms with Crippen molar-refractivity contribution < 1.29 is 4.74 Å². The van der Waals surface area contributed by atoms with Crippen molar-refractivity contribution in [2.24, 2.45) is 0 Å². The van der Waals surface area contributed by atoms with Crippen LogP contribution in [0, 0.1) is 0 Å². The highest BCUT2D eigenvalue weighted by Crippen LogP contribution is 2.12. The van der Waals surface area contributed by atoms with E-state index < -0.39 is 0 Å². The summed E-state index contributed by atoms with van der Waals surface area (Å²) in [4.78, 5) is 4.41. The van der Waals surface area contributed by atoms with E-state index in [4.69, 9.17) is 4.74 Å². The molecule has 1 aromatic heterocycles. The minimum Gasteiger partial charge on any atom is -0.494 e. The molecule has 2 aromatic rings. The first kappa shape index (κ1) is 13.8. The third-order valence-electron chi connectivity index (χ3n) is 2.55. The second-order valence-electron chi connectivity index (χ2n) is 4.21. The van der Waals surface area contributed by atoms with Crippen LogP contribution in [0.25, 0.3) is 0 Å². The molecule has 1 aromatic carbocycles. The molecule has 0 saturated heterocycles. The van der Waals surface area contributed by atoms with Crippen molar-refractivity contribution in [3.8, 4) is 5.75 Å². The molecule has 1 heterocycles. The maximum absolute atomic E-state index is 5.62. The maximum Gasteiger partial charge on any atom is 0.202 e. The van der Waals surface area contributed by atoms with Gasteiger partial charge in [-0.05, 0) is 25.0 Å². The Bertz CT molecular complexity index is 473. The second-order valence-corrected chi connectivity index (χ2v) is 4.96. The van der Waals surface area contributed by atoms with Gasteiger partial charge in [-0.1, -0.05) is 25.1 Å². The molecular weight excluding hydrogens is 258 g/mol. The van der Waals surface area contributed by atoms with Crippen molar-refractivity contribution in [3.63, 3.8) is 0 Å². The van der Waals surface area contributed by atoms with E-state index in [0.717, 1.165) is 42.5 Å². The molecule has 0 aliphatic heterocycles. The van der Waals surface area contributed by atoms with Gasteiger partial charge < -0.3 is 10.1 Å². The van der Waals surface area contributed by atoms with Gasteiger partial charge in [0.1, 0.15) is 11.6 Å². The molecule has 2 rings (SSSR count). The van der Waals surface area contributed by atoms with E-state index in [1.165, 1.54) is 11.5 Å². The van der Waals surface area contributed by atoms with Crippen LogP contribution in [0.1, 0.15) is 25.6 Å². The average Bonchev–Trinajstić information content (AvgIpc) is 2.88. The van der Waals surface area contributed by atoms with E-state index in [1.54, 1.807) is 0 Å². The Hall–Kier alpha value is -1.62. The number of ether oxygens (including phenoxy) is 1. The summed E-state index contributed by atoms with van der Waals surface area (Å²) in [7, 11) is 0. The first-order valence-electron chi connectivity index (χ1n) is 6.63. The minimum absolute atomic E-state index is 0.706. The molecule has 0 fully saturated rings. The van der Waals surface area contributed by atoms with Gasteiger partial charge in [0.15, 0.2) is 0 Å². The number of para-hydroxylation sites is 1. The fraction of sp³-hybridized carbons (Fsp3) is 0.429. The molecule has 5 heteroatoms. The lowest BCUT2D eigenvalue weighted by Gasteiger charge is -2.05. The molecule has 0 saturated carbocycles. The molecule has 1 N–H and O–H groups in total. The van der Waals surface area contributed by atoms with Crippen molar-refractivity contribution in [1.82, 2.24) is 9.36 Å². The third-order valence-corrected chi connectivity index (χ3v) is 3.26. The molecule has 0 spiro atoms. The van der Waals surface area contributed by atoms with Crippen LogP contribution < -0.4 is 10.1 Å². The smallest absolute Gasteiger partial charge is 0.202 e. The van der Waals surface area contributed by atoms with Gasteiger partial charge in [-0.2, -0.15) is 4.37 Å². The van der Waals surface area contributed by atoms with Crippen LogP contribution >= 0.6 is 11.5 Å². The number of rotatable bonds is 8. The van der Waals surface area contributed by atoms with Gasteiger partial charge in [0.2, 0.25) is 5.13 Å². The first-order chi connectivity index (χ1) is 9.38. The number of nitrogens with zero attached hydrogens (tertiary/aromatic N) is 2. The SMILES string of the molecule is CCCc1nsc(NCCCOc2ccccc2)n1. The number of aromatic nitrogens is 2. The largest absolute Gasteiger partial charge is 0.494 e.